The van der Waals surface area contributed by atoms with Gasteiger partial charge in [-0.15, -0.1) is 0 Å². The van der Waals surface area contributed by atoms with Crippen molar-refractivity contribution in [2.75, 3.05) is 13.1 Å². The Morgan fingerprint density at radius 3 is 2.47 bits per heavy atom. The molecule has 0 aromatic heterocycles. The number of aliphatic imine (C=N–C) groups is 1. The lowest BCUT2D eigenvalue weighted by atomic mass is 10.1. The van der Waals surface area contributed by atoms with Crippen LogP contribution in [-0.2, 0) is 0 Å². The maximum absolute atomic E-state index is 11.9. The summed E-state index contributed by atoms with van der Waals surface area (Å²) >= 11 is 0. The Labute approximate surface area is 86.2 Å². The second kappa shape index (κ2) is 5.16. The number of piperidine rings is 1. The highest BCUT2D eigenvalue weighted by atomic mass is 19.4. The van der Waals surface area contributed by atoms with Crippen LogP contribution in [0.2, 0.25) is 0 Å². The van der Waals surface area contributed by atoms with Crippen LogP contribution in [0, 0.1) is 0 Å². The molecule has 86 valence electrons. The van der Waals surface area contributed by atoms with Gasteiger partial charge in [-0.3, -0.25) is 4.99 Å². The molecule has 3 N–H and O–H groups in total. The third-order valence-corrected chi connectivity index (χ3v) is 2.19. The molecule has 0 aromatic carbocycles. The standard InChI is InChI=1S/C9H14F3N3/c10-9(11,12)8(13)3-6-15-7-1-4-14-5-2-7/h3,6-7,14H,1-2,4-5,13H2. The van der Waals surface area contributed by atoms with Crippen LogP contribution in [0.4, 0.5) is 13.2 Å². The number of nitrogens with one attached hydrogen (secondary N) is 1. The molecular formula is C9H14F3N3. The molecule has 15 heavy (non-hydrogen) atoms. The lowest BCUT2D eigenvalue weighted by molar-refractivity contribution is -0.0925. The van der Waals surface area contributed by atoms with Crippen molar-refractivity contribution in [3.63, 3.8) is 0 Å². The van der Waals surface area contributed by atoms with E-state index in [-0.39, 0.29) is 6.04 Å². The van der Waals surface area contributed by atoms with Crippen LogP contribution in [0.1, 0.15) is 12.8 Å². The molecule has 0 aromatic rings. The zero-order valence-electron chi connectivity index (χ0n) is 8.22. The summed E-state index contributed by atoms with van der Waals surface area (Å²) in [6.07, 6.45) is -0.784. The third kappa shape index (κ3) is 4.33. The summed E-state index contributed by atoms with van der Waals surface area (Å²) in [4.78, 5) is 4.02. The minimum atomic E-state index is -4.46. The van der Waals surface area contributed by atoms with Crippen LogP contribution in [-0.4, -0.2) is 31.5 Å². The van der Waals surface area contributed by atoms with Crippen molar-refractivity contribution in [2.45, 2.75) is 25.1 Å². The molecule has 3 nitrogen and oxygen atoms in total. The summed E-state index contributed by atoms with van der Waals surface area (Å²) in [5.74, 6) is 0. The van der Waals surface area contributed by atoms with Gasteiger partial charge in [-0.1, -0.05) is 0 Å². The van der Waals surface area contributed by atoms with Crippen molar-refractivity contribution in [1.29, 1.82) is 0 Å². The molecule has 1 saturated heterocycles. The highest BCUT2D eigenvalue weighted by Gasteiger charge is 2.30. The van der Waals surface area contributed by atoms with Gasteiger partial charge in [0.25, 0.3) is 0 Å². The second-order valence-electron chi connectivity index (χ2n) is 3.40. The molecule has 0 bridgehead atoms. The van der Waals surface area contributed by atoms with Gasteiger partial charge in [0.15, 0.2) is 0 Å². The molecule has 6 heteroatoms. The van der Waals surface area contributed by atoms with E-state index in [0.29, 0.717) is 0 Å². The summed E-state index contributed by atoms with van der Waals surface area (Å²) < 4.78 is 35.8. The Hall–Kier alpha value is -1.04. The molecule has 0 saturated carbocycles. The number of nitrogens with zero attached hydrogens (tertiary/aromatic N) is 1. The molecule has 1 heterocycles. The van der Waals surface area contributed by atoms with Crippen molar-refractivity contribution >= 4 is 6.21 Å². The summed E-state index contributed by atoms with van der Waals surface area (Å²) in [7, 11) is 0. The van der Waals surface area contributed by atoms with Gasteiger partial charge in [0.1, 0.15) is 5.70 Å². The highest BCUT2D eigenvalue weighted by molar-refractivity contribution is 5.72. The largest absolute Gasteiger partial charge is 0.430 e. The quantitative estimate of drug-likeness (QED) is 0.689. The lowest BCUT2D eigenvalue weighted by Crippen LogP contribution is -2.29. The number of allylic oxidation sites excluding steroid dienone is 2. The van der Waals surface area contributed by atoms with E-state index in [0.717, 1.165) is 38.2 Å². The number of hydrogen-bond donors (Lipinski definition) is 2. The SMILES string of the molecule is NC(=CC=NC1CCNCC1)C(F)(F)F. The number of nitrogens with two attached hydrogens (primary N) is 1. The Morgan fingerprint density at radius 2 is 1.93 bits per heavy atom. The normalized spacial score (nSPS) is 21.1. The maximum Gasteiger partial charge on any atom is 0.430 e. The summed E-state index contributed by atoms with van der Waals surface area (Å²) in [5.41, 5.74) is 3.69. The number of halogens is 3. The van der Waals surface area contributed by atoms with Crippen LogP contribution >= 0.6 is 0 Å². The van der Waals surface area contributed by atoms with Gasteiger partial charge in [-0.05, 0) is 32.0 Å². The van der Waals surface area contributed by atoms with Crippen molar-refractivity contribution in [3.8, 4) is 0 Å². The first-order valence-corrected chi connectivity index (χ1v) is 4.77. The van der Waals surface area contributed by atoms with E-state index in [1.165, 1.54) is 0 Å². The minimum Gasteiger partial charge on any atom is -0.395 e. The first-order valence-electron chi connectivity index (χ1n) is 4.77. The summed E-state index contributed by atoms with van der Waals surface area (Å²) in [6.45, 7) is 1.72. The molecular weight excluding hydrogens is 207 g/mol. The van der Waals surface area contributed by atoms with E-state index < -0.39 is 11.9 Å². The van der Waals surface area contributed by atoms with E-state index in [9.17, 15) is 13.2 Å². The Kier molecular flexibility index (Phi) is 4.14. The van der Waals surface area contributed by atoms with E-state index in [4.69, 9.17) is 5.73 Å². The highest BCUT2D eigenvalue weighted by Crippen LogP contribution is 2.20. The Bertz CT molecular complexity index is 252. The molecule has 0 atom stereocenters. The average Bonchev–Trinajstić information content (AvgIpc) is 2.18. The first-order chi connectivity index (χ1) is 7.00. The topological polar surface area (TPSA) is 50.4 Å². The first kappa shape index (κ1) is 12.0. The summed E-state index contributed by atoms with van der Waals surface area (Å²) in [5, 5.41) is 3.14. The fourth-order valence-corrected chi connectivity index (χ4v) is 1.30. The smallest absolute Gasteiger partial charge is 0.395 e. The maximum atomic E-state index is 11.9. The molecule has 0 radical (unpaired) electrons. The molecule has 1 aliphatic heterocycles. The van der Waals surface area contributed by atoms with E-state index in [2.05, 4.69) is 10.3 Å². The predicted octanol–water partition coefficient (Wildman–Crippen LogP) is 1.21. The van der Waals surface area contributed by atoms with Gasteiger partial charge < -0.3 is 11.1 Å². The van der Waals surface area contributed by atoms with Crippen molar-refractivity contribution in [3.05, 3.63) is 11.8 Å². The molecule has 0 spiro atoms. The van der Waals surface area contributed by atoms with E-state index in [1.54, 1.807) is 0 Å². The van der Waals surface area contributed by atoms with E-state index >= 15 is 0 Å². The molecule has 0 unspecified atom stereocenters. The minimum absolute atomic E-state index is 0.114. The van der Waals surface area contributed by atoms with Gasteiger partial charge in [0.2, 0.25) is 0 Å². The molecule has 1 rings (SSSR count). The van der Waals surface area contributed by atoms with Gasteiger partial charge in [0.05, 0.1) is 6.04 Å². The molecule has 1 aliphatic rings. The number of rotatable bonds is 2. The van der Waals surface area contributed by atoms with Crippen LogP contribution in [0.25, 0.3) is 0 Å². The van der Waals surface area contributed by atoms with Gasteiger partial charge in [-0.25, -0.2) is 0 Å². The van der Waals surface area contributed by atoms with Gasteiger partial charge in [-0.2, -0.15) is 13.2 Å². The van der Waals surface area contributed by atoms with Crippen LogP contribution in [0.3, 0.4) is 0 Å². The second-order valence-corrected chi connectivity index (χ2v) is 3.40. The van der Waals surface area contributed by atoms with Crippen molar-refractivity contribution < 1.29 is 13.2 Å². The number of hydrogen-bond acceptors (Lipinski definition) is 3. The monoisotopic (exact) mass is 221 g/mol. The van der Waals surface area contributed by atoms with Gasteiger partial charge >= 0.3 is 6.18 Å². The van der Waals surface area contributed by atoms with Crippen LogP contribution in [0.5, 0.6) is 0 Å². The third-order valence-electron chi connectivity index (χ3n) is 2.19. The van der Waals surface area contributed by atoms with E-state index in [1.807, 2.05) is 0 Å². The lowest BCUT2D eigenvalue weighted by Gasteiger charge is -2.18. The van der Waals surface area contributed by atoms with Crippen LogP contribution < -0.4 is 11.1 Å². The van der Waals surface area contributed by atoms with Crippen LogP contribution in [0.15, 0.2) is 16.8 Å². The van der Waals surface area contributed by atoms with Crippen molar-refractivity contribution in [2.24, 2.45) is 10.7 Å². The zero-order valence-corrected chi connectivity index (χ0v) is 8.22. The fraction of sp³-hybridized carbons (Fsp3) is 0.667. The predicted molar refractivity (Wildman–Crippen MR) is 52.7 cm³/mol. The summed E-state index contributed by atoms with van der Waals surface area (Å²) in [6, 6.07) is 0.114. The average molecular weight is 221 g/mol. The Morgan fingerprint density at radius 1 is 1.33 bits per heavy atom. The zero-order chi connectivity index (χ0) is 11.3. The van der Waals surface area contributed by atoms with Gasteiger partial charge in [0, 0.05) is 6.21 Å². The number of alkyl halides is 3. The fourth-order valence-electron chi connectivity index (χ4n) is 1.30. The molecule has 0 amide bonds. The van der Waals surface area contributed by atoms with Crippen molar-refractivity contribution in [1.82, 2.24) is 5.32 Å². The molecule has 1 fully saturated rings. The molecule has 0 aliphatic carbocycles. The Balaban J connectivity index is 2.43.